The Morgan fingerprint density at radius 3 is 2.47 bits per heavy atom. The zero-order chi connectivity index (χ0) is 13.5. The lowest BCUT2D eigenvalue weighted by Gasteiger charge is -2.21. The summed E-state index contributed by atoms with van der Waals surface area (Å²) < 4.78 is 10.4. The Kier molecular flexibility index (Phi) is 5.38. The van der Waals surface area contributed by atoms with Gasteiger partial charge >= 0.3 is 0 Å². The molecule has 3 nitrogen and oxygen atoms in total. The highest BCUT2D eigenvalue weighted by molar-refractivity contribution is 5.41. The zero-order valence-electron chi connectivity index (χ0n) is 11.5. The van der Waals surface area contributed by atoms with Crippen LogP contribution in [0.25, 0.3) is 0 Å². The largest absolute Gasteiger partial charge is 0.355 e. The Morgan fingerprint density at radius 2 is 2.05 bits per heavy atom. The number of benzene rings is 1. The van der Waals surface area contributed by atoms with Crippen LogP contribution in [0, 0.1) is 27.7 Å². The Morgan fingerprint density at radius 1 is 1.26 bits per heavy atom. The zero-order valence-corrected chi connectivity index (χ0v) is 11.5. The third-order valence-corrected chi connectivity index (χ3v) is 3.54. The summed E-state index contributed by atoms with van der Waals surface area (Å²) in [4.78, 5) is 0. The molecule has 0 aromatic carbocycles. The van der Waals surface area contributed by atoms with E-state index >= 15 is 0 Å². The predicted octanol–water partition coefficient (Wildman–Crippen LogP) is 3.35. The first-order valence-electron chi connectivity index (χ1n) is 7.05. The minimum Gasteiger partial charge on any atom is -0.355 e. The molecule has 19 heavy (non-hydrogen) atoms. The highest BCUT2D eigenvalue weighted by Gasteiger charge is 2.12. The van der Waals surface area contributed by atoms with E-state index in [-0.39, 0.29) is 0 Å². The number of ether oxygens (including phenoxy) is 2. The molecular weight excluding hydrogens is 238 g/mol. The second kappa shape index (κ2) is 7.28. The van der Waals surface area contributed by atoms with Crippen LogP contribution < -0.4 is 0 Å². The van der Waals surface area contributed by atoms with Gasteiger partial charge in [0, 0.05) is 5.92 Å². The summed E-state index contributed by atoms with van der Waals surface area (Å²) in [5.41, 5.74) is 0.836. The van der Waals surface area contributed by atoms with Crippen LogP contribution in [0.2, 0.25) is 0 Å². The van der Waals surface area contributed by atoms with Crippen molar-refractivity contribution < 1.29 is 9.47 Å². The fourth-order valence-corrected chi connectivity index (χ4v) is 2.27. The van der Waals surface area contributed by atoms with Gasteiger partial charge in [0.1, 0.15) is 6.79 Å². The van der Waals surface area contributed by atoms with Gasteiger partial charge in [-0.2, -0.15) is 5.26 Å². The van der Waals surface area contributed by atoms with Gasteiger partial charge in [0.15, 0.2) is 0 Å². The van der Waals surface area contributed by atoms with Crippen LogP contribution >= 0.6 is 0 Å². The normalized spacial score (nSPS) is 16.2. The van der Waals surface area contributed by atoms with Crippen molar-refractivity contribution in [2.75, 3.05) is 20.0 Å². The molecule has 3 rings (SSSR count). The van der Waals surface area contributed by atoms with E-state index < -0.39 is 0 Å². The number of nitrogens with zero attached hydrogens (tertiary/aromatic N) is 1. The summed E-state index contributed by atoms with van der Waals surface area (Å²) >= 11 is 0. The summed E-state index contributed by atoms with van der Waals surface area (Å²) in [7, 11) is 0. The number of rotatable bonds is 4. The Balaban J connectivity index is 0.000000146. The van der Waals surface area contributed by atoms with Gasteiger partial charge in [-0.25, -0.2) is 0 Å². The van der Waals surface area contributed by atoms with Gasteiger partial charge in [-0.3, -0.25) is 0 Å². The maximum atomic E-state index is 8.32. The highest BCUT2D eigenvalue weighted by Crippen LogP contribution is 2.14. The van der Waals surface area contributed by atoms with Crippen LogP contribution in [0.1, 0.15) is 38.2 Å². The van der Waals surface area contributed by atoms with Crippen LogP contribution in [0.15, 0.2) is 18.2 Å². The van der Waals surface area contributed by atoms with Crippen molar-refractivity contribution in [1.82, 2.24) is 0 Å². The molecule has 0 amide bonds. The molecule has 0 aromatic rings. The standard InChI is InChI=1S/C9H18O2.C7H3N/c1-2-3-4-5-9-6-10-8-11-7-9;8-4-6-3-5-1-2-7(5)6/h9H,2-8H2,1H3;1-3H. The van der Waals surface area contributed by atoms with Crippen LogP contribution in [0.5, 0.6) is 0 Å². The average molecular weight is 259 g/mol. The number of hydrogen-bond acceptors (Lipinski definition) is 3. The van der Waals surface area contributed by atoms with Crippen LogP contribution in [-0.2, 0) is 9.47 Å². The lowest BCUT2D eigenvalue weighted by atomic mass is 10.0. The minimum absolute atomic E-state index is 0.504. The molecule has 0 aromatic heterocycles. The van der Waals surface area contributed by atoms with Crippen molar-refractivity contribution in [3.63, 3.8) is 0 Å². The predicted molar refractivity (Wildman–Crippen MR) is 73.2 cm³/mol. The molecule has 0 saturated carbocycles. The molecule has 0 N–H and O–H groups in total. The highest BCUT2D eigenvalue weighted by atomic mass is 16.7. The number of unbranched alkanes of at least 4 members (excludes halogenated alkanes) is 2. The van der Waals surface area contributed by atoms with Crippen LogP contribution in [0.3, 0.4) is 0 Å². The molecule has 2 aliphatic carbocycles. The molecule has 3 aliphatic rings. The van der Waals surface area contributed by atoms with Crippen molar-refractivity contribution >= 4 is 0 Å². The topological polar surface area (TPSA) is 42.2 Å². The summed E-state index contributed by atoms with van der Waals surface area (Å²) in [6, 6.07) is 7.96. The van der Waals surface area contributed by atoms with Gasteiger partial charge in [0.25, 0.3) is 0 Å². The van der Waals surface area contributed by atoms with Crippen molar-refractivity contribution in [1.29, 1.82) is 5.26 Å². The van der Waals surface area contributed by atoms with Crippen LogP contribution in [-0.4, -0.2) is 20.0 Å². The van der Waals surface area contributed by atoms with E-state index in [2.05, 4.69) is 13.0 Å². The second-order valence-corrected chi connectivity index (χ2v) is 5.09. The number of hydrogen-bond donors (Lipinski definition) is 0. The average Bonchev–Trinajstić information content (AvgIpc) is 2.44. The van der Waals surface area contributed by atoms with Crippen molar-refractivity contribution in [2.45, 2.75) is 32.6 Å². The van der Waals surface area contributed by atoms with Crippen molar-refractivity contribution in [3.8, 4) is 6.07 Å². The maximum Gasteiger partial charge on any atom is 0.146 e. The van der Waals surface area contributed by atoms with Gasteiger partial charge in [0.2, 0.25) is 0 Å². The Bertz CT molecular complexity index is 527. The molecule has 1 aliphatic heterocycles. The fourth-order valence-electron chi connectivity index (χ4n) is 2.27. The minimum atomic E-state index is 0.504. The Labute approximate surface area is 114 Å². The second-order valence-electron chi connectivity index (χ2n) is 5.09. The van der Waals surface area contributed by atoms with Gasteiger partial charge in [-0.05, 0) is 22.9 Å². The molecule has 1 saturated heterocycles. The van der Waals surface area contributed by atoms with E-state index in [0.717, 1.165) is 24.0 Å². The molecule has 0 unspecified atom stereocenters. The first kappa shape index (κ1) is 14.0. The van der Waals surface area contributed by atoms with E-state index in [1.807, 2.05) is 18.2 Å². The van der Waals surface area contributed by atoms with E-state index in [1.54, 1.807) is 0 Å². The fraction of sp³-hybridized carbons (Fsp3) is 0.562. The lowest BCUT2D eigenvalue weighted by Crippen LogP contribution is -2.23. The summed E-state index contributed by atoms with van der Waals surface area (Å²) in [5.74, 6) is 0.662. The molecular formula is C16H21NO2. The molecule has 0 radical (unpaired) electrons. The Hall–Kier alpha value is -1.37. The van der Waals surface area contributed by atoms with E-state index in [1.165, 1.54) is 30.9 Å². The van der Waals surface area contributed by atoms with Crippen LogP contribution in [0.4, 0.5) is 0 Å². The third-order valence-electron chi connectivity index (χ3n) is 3.54. The van der Waals surface area contributed by atoms with Crippen molar-refractivity contribution in [2.24, 2.45) is 5.92 Å². The molecule has 102 valence electrons. The first-order chi connectivity index (χ1) is 9.35. The molecule has 3 heteroatoms. The summed E-state index contributed by atoms with van der Waals surface area (Å²) in [6.45, 7) is 4.55. The molecule has 1 fully saturated rings. The molecule has 1 heterocycles. The van der Waals surface area contributed by atoms with Gasteiger partial charge in [-0.1, -0.05) is 38.3 Å². The SMILES string of the molecule is CCCCCC1COCOC1.N#Cc1cc2ccc1=2. The quantitative estimate of drug-likeness (QED) is 0.791. The van der Waals surface area contributed by atoms with E-state index in [9.17, 15) is 0 Å². The van der Waals surface area contributed by atoms with Gasteiger partial charge < -0.3 is 9.47 Å². The van der Waals surface area contributed by atoms with Gasteiger partial charge in [-0.15, -0.1) is 0 Å². The monoisotopic (exact) mass is 259 g/mol. The van der Waals surface area contributed by atoms with Crippen molar-refractivity contribution in [3.05, 3.63) is 34.2 Å². The molecule has 0 atom stereocenters. The van der Waals surface area contributed by atoms with E-state index in [4.69, 9.17) is 14.7 Å². The smallest absolute Gasteiger partial charge is 0.146 e. The first-order valence-corrected chi connectivity index (χ1v) is 7.05. The molecule has 0 spiro atoms. The summed E-state index contributed by atoms with van der Waals surface area (Å²) in [6.07, 6.45) is 5.24. The third kappa shape index (κ3) is 3.79. The lowest BCUT2D eigenvalue weighted by molar-refractivity contribution is -0.127. The van der Waals surface area contributed by atoms with E-state index in [0.29, 0.717) is 12.7 Å². The summed E-state index contributed by atoms with van der Waals surface area (Å²) in [5, 5.41) is 10.7. The number of nitriles is 1. The van der Waals surface area contributed by atoms with Gasteiger partial charge in [0.05, 0.1) is 24.8 Å². The maximum absolute atomic E-state index is 8.32. The molecule has 0 bridgehead atoms.